The molecule has 18 heavy (non-hydrogen) atoms. The number of fused-ring (bicyclic) bond motifs is 1. The van der Waals surface area contributed by atoms with Crippen LogP contribution in [0.5, 0.6) is 0 Å². The highest BCUT2D eigenvalue weighted by atomic mass is 16.2. The molecule has 0 aromatic heterocycles. The summed E-state index contributed by atoms with van der Waals surface area (Å²) in [5.41, 5.74) is 0. The van der Waals surface area contributed by atoms with Gasteiger partial charge in [0.2, 0.25) is 11.8 Å². The molecule has 1 aliphatic heterocycles. The molecule has 0 radical (unpaired) electrons. The van der Waals surface area contributed by atoms with E-state index in [1.807, 2.05) is 0 Å². The summed E-state index contributed by atoms with van der Waals surface area (Å²) < 4.78 is 0. The van der Waals surface area contributed by atoms with Gasteiger partial charge in [-0.3, -0.25) is 14.5 Å². The SMILES string of the molecule is CC(=O)CCCCN1C(=O)C2CC(C)CC2C1=O. The Morgan fingerprint density at radius 1 is 1.17 bits per heavy atom. The summed E-state index contributed by atoms with van der Waals surface area (Å²) in [7, 11) is 0. The Kier molecular flexibility index (Phi) is 3.83. The molecule has 4 nitrogen and oxygen atoms in total. The Hall–Kier alpha value is -1.19. The van der Waals surface area contributed by atoms with Gasteiger partial charge < -0.3 is 4.79 Å². The Balaban J connectivity index is 1.86. The van der Waals surface area contributed by atoms with Crippen molar-refractivity contribution in [2.45, 2.75) is 46.0 Å². The number of carbonyl (C=O) groups excluding carboxylic acids is 3. The van der Waals surface area contributed by atoms with Crippen LogP contribution in [0, 0.1) is 17.8 Å². The van der Waals surface area contributed by atoms with E-state index in [-0.39, 0.29) is 29.4 Å². The van der Waals surface area contributed by atoms with Crippen LogP contribution in [0.4, 0.5) is 0 Å². The lowest BCUT2D eigenvalue weighted by Crippen LogP contribution is -2.33. The van der Waals surface area contributed by atoms with E-state index in [1.165, 1.54) is 4.90 Å². The van der Waals surface area contributed by atoms with E-state index in [1.54, 1.807) is 6.92 Å². The van der Waals surface area contributed by atoms with Crippen molar-refractivity contribution in [1.29, 1.82) is 0 Å². The van der Waals surface area contributed by atoms with Gasteiger partial charge in [0.15, 0.2) is 0 Å². The number of imide groups is 1. The Morgan fingerprint density at radius 3 is 2.22 bits per heavy atom. The number of hydrogen-bond acceptors (Lipinski definition) is 3. The van der Waals surface area contributed by atoms with Crippen LogP contribution in [0.2, 0.25) is 0 Å². The van der Waals surface area contributed by atoms with Crippen molar-refractivity contribution in [2.75, 3.05) is 6.54 Å². The topological polar surface area (TPSA) is 54.5 Å². The molecule has 2 aliphatic rings. The lowest BCUT2D eigenvalue weighted by atomic mass is 10.00. The van der Waals surface area contributed by atoms with E-state index in [9.17, 15) is 14.4 Å². The minimum absolute atomic E-state index is 0.0252. The second-order valence-corrected chi connectivity index (χ2v) is 5.78. The minimum atomic E-state index is -0.0553. The molecule has 2 atom stereocenters. The second-order valence-electron chi connectivity index (χ2n) is 5.78. The van der Waals surface area contributed by atoms with Gasteiger partial charge >= 0.3 is 0 Å². The molecule has 4 heteroatoms. The molecule has 1 aliphatic carbocycles. The van der Waals surface area contributed by atoms with E-state index in [4.69, 9.17) is 0 Å². The Labute approximate surface area is 108 Å². The van der Waals surface area contributed by atoms with Crippen LogP contribution < -0.4 is 0 Å². The monoisotopic (exact) mass is 251 g/mol. The zero-order chi connectivity index (χ0) is 13.3. The molecule has 1 saturated heterocycles. The fourth-order valence-corrected chi connectivity index (χ4v) is 3.21. The second kappa shape index (κ2) is 5.21. The molecule has 0 spiro atoms. The van der Waals surface area contributed by atoms with Crippen molar-refractivity contribution >= 4 is 17.6 Å². The maximum absolute atomic E-state index is 12.1. The summed E-state index contributed by atoms with van der Waals surface area (Å²) in [5.74, 6) is 0.600. The van der Waals surface area contributed by atoms with Crippen molar-refractivity contribution in [1.82, 2.24) is 4.90 Å². The van der Waals surface area contributed by atoms with E-state index < -0.39 is 0 Å². The number of nitrogens with zero attached hydrogens (tertiary/aromatic N) is 1. The third kappa shape index (κ3) is 2.47. The largest absolute Gasteiger partial charge is 0.300 e. The summed E-state index contributed by atoms with van der Waals surface area (Å²) in [4.78, 5) is 36.5. The molecule has 2 rings (SSSR count). The van der Waals surface area contributed by atoms with Gasteiger partial charge in [-0.15, -0.1) is 0 Å². The van der Waals surface area contributed by atoms with E-state index in [2.05, 4.69) is 6.92 Å². The van der Waals surface area contributed by atoms with Crippen molar-refractivity contribution in [2.24, 2.45) is 17.8 Å². The standard InChI is InChI=1S/C14H21NO3/c1-9-7-11-12(8-9)14(18)15(13(11)17)6-4-3-5-10(2)16/h9,11-12H,3-8H2,1-2H3. The first-order chi connectivity index (χ1) is 8.50. The first-order valence-corrected chi connectivity index (χ1v) is 6.85. The van der Waals surface area contributed by atoms with Gasteiger partial charge in [-0.1, -0.05) is 6.92 Å². The number of likely N-dealkylation sites (tertiary alicyclic amines) is 1. The first-order valence-electron chi connectivity index (χ1n) is 6.85. The average Bonchev–Trinajstić information content (AvgIpc) is 2.77. The number of hydrogen-bond donors (Lipinski definition) is 0. The summed E-state index contributed by atoms with van der Waals surface area (Å²) in [6, 6.07) is 0. The van der Waals surface area contributed by atoms with Crippen LogP contribution >= 0.6 is 0 Å². The third-order valence-corrected chi connectivity index (χ3v) is 4.13. The van der Waals surface area contributed by atoms with Gasteiger partial charge in [-0.25, -0.2) is 0 Å². The number of unbranched alkanes of at least 4 members (excludes halogenated alkanes) is 1. The molecule has 100 valence electrons. The Bertz CT molecular complexity index is 353. The molecule has 2 amide bonds. The number of rotatable bonds is 5. The third-order valence-electron chi connectivity index (χ3n) is 4.13. The highest BCUT2D eigenvalue weighted by Crippen LogP contribution is 2.42. The molecule has 0 bridgehead atoms. The number of amides is 2. The highest BCUT2D eigenvalue weighted by molar-refractivity contribution is 6.05. The van der Waals surface area contributed by atoms with Gasteiger partial charge in [0.25, 0.3) is 0 Å². The van der Waals surface area contributed by atoms with Crippen LogP contribution in [0.25, 0.3) is 0 Å². The Morgan fingerprint density at radius 2 is 1.72 bits per heavy atom. The molecule has 1 saturated carbocycles. The summed E-state index contributed by atoms with van der Waals surface area (Å²) in [6.45, 7) is 4.17. The summed E-state index contributed by atoms with van der Waals surface area (Å²) in [6.07, 6.45) is 3.77. The molecular weight excluding hydrogens is 230 g/mol. The first kappa shape index (κ1) is 13.2. The summed E-state index contributed by atoms with van der Waals surface area (Å²) >= 11 is 0. The van der Waals surface area contributed by atoms with Gasteiger partial charge in [-0.05, 0) is 38.5 Å². The van der Waals surface area contributed by atoms with E-state index >= 15 is 0 Å². The van der Waals surface area contributed by atoms with Gasteiger partial charge in [0.1, 0.15) is 5.78 Å². The predicted molar refractivity (Wildman–Crippen MR) is 66.6 cm³/mol. The number of carbonyl (C=O) groups is 3. The fraction of sp³-hybridized carbons (Fsp3) is 0.786. The number of Topliss-reactive ketones (excluding diaryl/α,β-unsaturated/α-hetero) is 1. The maximum atomic E-state index is 12.1. The maximum Gasteiger partial charge on any atom is 0.233 e. The van der Waals surface area contributed by atoms with Crippen LogP contribution in [0.3, 0.4) is 0 Å². The lowest BCUT2D eigenvalue weighted by molar-refractivity contribution is -0.140. The smallest absolute Gasteiger partial charge is 0.233 e. The molecule has 2 unspecified atom stereocenters. The fourth-order valence-electron chi connectivity index (χ4n) is 3.21. The lowest BCUT2D eigenvalue weighted by Gasteiger charge is -2.16. The van der Waals surface area contributed by atoms with Crippen LogP contribution in [-0.4, -0.2) is 29.0 Å². The zero-order valence-electron chi connectivity index (χ0n) is 11.1. The molecule has 2 fully saturated rings. The van der Waals surface area contributed by atoms with Crippen molar-refractivity contribution in [3.8, 4) is 0 Å². The predicted octanol–water partition coefficient (Wildman–Crippen LogP) is 1.78. The molecule has 0 aromatic carbocycles. The normalized spacial score (nSPS) is 31.0. The average molecular weight is 251 g/mol. The number of ketones is 1. The van der Waals surface area contributed by atoms with Crippen molar-refractivity contribution in [3.05, 3.63) is 0 Å². The van der Waals surface area contributed by atoms with Crippen LogP contribution in [0.15, 0.2) is 0 Å². The van der Waals surface area contributed by atoms with Crippen LogP contribution in [-0.2, 0) is 14.4 Å². The van der Waals surface area contributed by atoms with Crippen LogP contribution in [0.1, 0.15) is 46.0 Å². The summed E-state index contributed by atoms with van der Waals surface area (Å²) in [5, 5.41) is 0. The molecule has 0 aromatic rings. The van der Waals surface area contributed by atoms with E-state index in [0.29, 0.717) is 18.9 Å². The van der Waals surface area contributed by atoms with Crippen molar-refractivity contribution in [3.63, 3.8) is 0 Å². The zero-order valence-corrected chi connectivity index (χ0v) is 11.1. The quantitative estimate of drug-likeness (QED) is 0.553. The highest BCUT2D eigenvalue weighted by Gasteiger charge is 2.51. The molecule has 1 heterocycles. The van der Waals surface area contributed by atoms with Crippen molar-refractivity contribution < 1.29 is 14.4 Å². The van der Waals surface area contributed by atoms with Gasteiger partial charge in [-0.2, -0.15) is 0 Å². The molecular formula is C14H21NO3. The molecule has 0 N–H and O–H groups in total. The minimum Gasteiger partial charge on any atom is -0.300 e. The van der Waals surface area contributed by atoms with E-state index in [0.717, 1.165) is 25.7 Å². The van der Waals surface area contributed by atoms with Gasteiger partial charge in [0.05, 0.1) is 11.8 Å². The van der Waals surface area contributed by atoms with Gasteiger partial charge in [0, 0.05) is 13.0 Å².